The fourth-order valence-corrected chi connectivity index (χ4v) is 8.54. The van der Waals surface area contributed by atoms with Crippen LogP contribution in [0.2, 0.25) is 10.0 Å². The number of carbonyl (C=O) groups is 1. The molecular weight excluding hydrogens is 641 g/mol. The number of rotatable bonds is 8. The molecule has 46 heavy (non-hydrogen) atoms. The number of nitrogens with zero attached hydrogens (tertiary/aromatic N) is 3. The first-order valence-corrected chi connectivity index (χ1v) is 17.7. The Labute approximate surface area is 278 Å². The maximum absolute atomic E-state index is 13.6. The molecule has 1 aliphatic carbocycles. The predicted molar refractivity (Wildman–Crippen MR) is 181 cm³/mol. The molecule has 7 rings (SSSR count). The SMILES string of the molecule is Cc1cc(S(=O)(=O)N2CCC(n3c(C4CC4)nc4ccc(C(c5ccc(Cl)cc5)c5ccc(Cl)cc5)cc43)CC2)ccc1C(=O)O. The molecule has 1 N–H and O–H groups in total. The Morgan fingerprint density at radius 3 is 1.96 bits per heavy atom. The average Bonchev–Trinajstić information content (AvgIpc) is 3.83. The molecule has 1 aromatic heterocycles. The van der Waals surface area contributed by atoms with Gasteiger partial charge < -0.3 is 9.67 Å². The van der Waals surface area contributed by atoms with Gasteiger partial charge in [0.25, 0.3) is 0 Å². The van der Waals surface area contributed by atoms with Crippen molar-refractivity contribution in [1.82, 2.24) is 13.9 Å². The van der Waals surface area contributed by atoms with Crippen LogP contribution in [0.5, 0.6) is 0 Å². The van der Waals surface area contributed by atoms with Gasteiger partial charge in [-0.2, -0.15) is 4.31 Å². The molecule has 2 aliphatic rings. The minimum Gasteiger partial charge on any atom is -0.478 e. The zero-order valence-corrected chi connectivity index (χ0v) is 27.6. The molecule has 1 saturated heterocycles. The minimum absolute atomic E-state index is 0.0466. The fraction of sp³-hybridized carbons (Fsp3) is 0.278. The number of aromatic carboxylic acids is 1. The van der Waals surface area contributed by atoms with E-state index in [2.05, 4.69) is 47.0 Å². The quantitative estimate of drug-likeness (QED) is 0.167. The van der Waals surface area contributed by atoms with E-state index in [1.165, 1.54) is 22.5 Å². The molecule has 10 heteroatoms. The summed E-state index contributed by atoms with van der Waals surface area (Å²) in [6.07, 6.45) is 3.51. The molecule has 0 spiro atoms. The van der Waals surface area contributed by atoms with E-state index in [-0.39, 0.29) is 22.4 Å². The van der Waals surface area contributed by atoms with E-state index in [1.54, 1.807) is 6.92 Å². The van der Waals surface area contributed by atoms with E-state index in [9.17, 15) is 18.3 Å². The van der Waals surface area contributed by atoms with Crippen LogP contribution in [-0.2, 0) is 10.0 Å². The van der Waals surface area contributed by atoms with Gasteiger partial charge in [0.05, 0.1) is 21.5 Å². The number of hydrogen-bond donors (Lipinski definition) is 1. The van der Waals surface area contributed by atoms with Gasteiger partial charge in [0.1, 0.15) is 5.82 Å². The molecule has 1 aliphatic heterocycles. The highest BCUT2D eigenvalue weighted by atomic mass is 35.5. The third-order valence-corrected chi connectivity index (χ3v) is 11.7. The molecular formula is C36H33Cl2N3O4S. The lowest BCUT2D eigenvalue weighted by molar-refractivity contribution is 0.0696. The number of sulfonamides is 1. The van der Waals surface area contributed by atoms with Crippen LogP contribution in [-0.4, -0.2) is 46.4 Å². The number of benzene rings is 4. The summed E-state index contributed by atoms with van der Waals surface area (Å²) >= 11 is 12.5. The van der Waals surface area contributed by atoms with Gasteiger partial charge in [-0.15, -0.1) is 0 Å². The van der Waals surface area contributed by atoms with Gasteiger partial charge in [0.2, 0.25) is 10.0 Å². The second-order valence-electron chi connectivity index (χ2n) is 12.3. The van der Waals surface area contributed by atoms with Crippen LogP contribution in [0.3, 0.4) is 0 Å². The van der Waals surface area contributed by atoms with Crippen molar-refractivity contribution in [2.24, 2.45) is 0 Å². The third-order valence-electron chi connectivity index (χ3n) is 9.28. The number of aryl methyl sites for hydroxylation is 1. The summed E-state index contributed by atoms with van der Waals surface area (Å²) in [5, 5.41) is 10.7. The number of fused-ring (bicyclic) bond motifs is 1. The normalized spacial score (nSPS) is 16.3. The number of hydrogen-bond acceptors (Lipinski definition) is 4. The Bertz CT molecular complexity index is 2000. The molecule has 0 unspecified atom stereocenters. The first-order chi connectivity index (χ1) is 22.1. The van der Waals surface area contributed by atoms with E-state index in [0.29, 0.717) is 47.5 Å². The largest absolute Gasteiger partial charge is 0.478 e. The maximum Gasteiger partial charge on any atom is 0.335 e. The summed E-state index contributed by atoms with van der Waals surface area (Å²) in [5.41, 5.74) is 5.89. The first kappa shape index (κ1) is 30.9. The first-order valence-electron chi connectivity index (χ1n) is 15.5. The summed E-state index contributed by atoms with van der Waals surface area (Å²) in [6.45, 7) is 2.36. The second kappa shape index (κ2) is 12.2. The van der Waals surface area contributed by atoms with Gasteiger partial charge in [-0.3, -0.25) is 0 Å². The topological polar surface area (TPSA) is 92.5 Å². The van der Waals surface area contributed by atoms with E-state index in [1.807, 2.05) is 24.3 Å². The van der Waals surface area contributed by atoms with Crippen molar-refractivity contribution in [3.63, 3.8) is 0 Å². The third kappa shape index (κ3) is 5.84. The Balaban J connectivity index is 1.22. The van der Waals surface area contributed by atoms with Gasteiger partial charge in [-0.1, -0.05) is 53.5 Å². The van der Waals surface area contributed by atoms with Crippen LogP contribution in [0.1, 0.15) is 82.0 Å². The lowest BCUT2D eigenvalue weighted by atomic mass is 9.85. The highest BCUT2D eigenvalue weighted by molar-refractivity contribution is 7.89. The molecule has 0 amide bonds. The zero-order chi connectivity index (χ0) is 32.2. The van der Waals surface area contributed by atoms with Crippen LogP contribution >= 0.6 is 23.2 Å². The van der Waals surface area contributed by atoms with E-state index >= 15 is 0 Å². The molecule has 2 fully saturated rings. The smallest absolute Gasteiger partial charge is 0.335 e. The molecule has 0 atom stereocenters. The fourth-order valence-electron chi connectivity index (χ4n) is 6.74. The highest BCUT2D eigenvalue weighted by Crippen LogP contribution is 2.44. The summed E-state index contributed by atoms with van der Waals surface area (Å²) in [7, 11) is -3.76. The van der Waals surface area contributed by atoms with Crippen LogP contribution in [0.25, 0.3) is 11.0 Å². The molecule has 0 bridgehead atoms. The van der Waals surface area contributed by atoms with Crippen LogP contribution in [0.15, 0.2) is 89.8 Å². The van der Waals surface area contributed by atoms with Crippen LogP contribution in [0, 0.1) is 6.92 Å². The van der Waals surface area contributed by atoms with Crippen molar-refractivity contribution in [1.29, 1.82) is 0 Å². The maximum atomic E-state index is 13.6. The molecule has 7 nitrogen and oxygen atoms in total. The van der Waals surface area contributed by atoms with Gasteiger partial charge in [-0.05, 0) is 109 Å². The number of imidazole rings is 1. The van der Waals surface area contributed by atoms with Gasteiger partial charge in [0.15, 0.2) is 0 Å². The lowest BCUT2D eigenvalue weighted by Crippen LogP contribution is -2.39. The zero-order valence-electron chi connectivity index (χ0n) is 25.2. The molecule has 1 saturated carbocycles. The summed E-state index contributed by atoms with van der Waals surface area (Å²) < 4.78 is 31.1. The highest BCUT2D eigenvalue weighted by Gasteiger charge is 2.36. The van der Waals surface area contributed by atoms with E-state index in [0.717, 1.165) is 46.4 Å². The van der Waals surface area contributed by atoms with Crippen molar-refractivity contribution in [3.05, 3.63) is 129 Å². The molecule has 5 aromatic rings. The minimum atomic E-state index is -3.76. The number of aromatic nitrogens is 2. The number of piperidine rings is 1. The summed E-state index contributed by atoms with van der Waals surface area (Å²) in [6, 6.07) is 26.7. The monoisotopic (exact) mass is 673 g/mol. The number of carboxylic acid groups (broad SMARTS) is 1. The lowest BCUT2D eigenvalue weighted by Gasteiger charge is -2.33. The Kier molecular flexibility index (Phi) is 8.18. The number of carboxylic acids is 1. The van der Waals surface area contributed by atoms with Crippen LogP contribution < -0.4 is 0 Å². The van der Waals surface area contributed by atoms with Crippen molar-refractivity contribution in [2.45, 2.75) is 55.4 Å². The predicted octanol–water partition coefficient (Wildman–Crippen LogP) is 8.43. The van der Waals surface area contributed by atoms with Crippen molar-refractivity contribution >= 4 is 50.2 Å². The van der Waals surface area contributed by atoms with Crippen molar-refractivity contribution in [2.75, 3.05) is 13.1 Å². The van der Waals surface area contributed by atoms with Gasteiger partial charge in [0, 0.05) is 41.0 Å². The standard InChI is InChI=1S/C36H33Cl2N3O4S/c1-22-20-30(13-14-31(22)36(42)43)46(44,45)40-18-16-29(17-19-40)41-33-21-26(8-15-32(33)39-35(41)25-2-3-25)34(23-4-9-27(37)10-5-23)24-6-11-28(38)12-7-24/h4-15,20-21,25,29,34H,2-3,16-19H2,1H3,(H,42,43). The van der Waals surface area contributed by atoms with Crippen LogP contribution in [0.4, 0.5) is 0 Å². The Hall–Kier alpha value is -3.69. The van der Waals surface area contributed by atoms with Gasteiger partial charge in [-0.25, -0.2) is 18.2 Å². The molecule has 0 radical (unpaired) electrons. The average molecular weight is 675 g/mol. The van der Waals surface area contributed by atoms with Gasteiger partial charge >= 0.3 is 5.97 Å². The number of halogens is 2. The Morgan fingerprint density at radius 1 is 0.826 bits per heavy atom. The molecule has 236 valence electrons. The van der Waals surface area contributed by atoms with Crippen molar-refractivity contribution < 1.29 is 18.3 Å². The molecule has 2 heterocycles. The van der Waals surface area contributed by atoms with E-state index in [4.69, 9.17) is 28.2 Å². The second-order valence-corrected chi connectivity index (χ2v) is 15.1. The molecule has 4 aromatic carbocycles. The Morgan fingerprint density at radius 2 is 1.41 bits per heavy atom. The summed E-state index contributed by atoms with van der Waals surface area (Å²) in [5.74, 6) is 0.381. The summed E-state index contributed by atoms with van der Waals surface area (Å²) in [4.78, 5) is 16.7. The van der Waals surface area contributed by atoms with E-state index < -0.39 is 16.0 Å². The van der Waals surface area contributed by atoms with Crippen molar-refractivity contribution in [3.8, 4) is 0 Å².